The van der Waals surface area contributed by atoms with Crippen molar-refractivity contribution in [3.05, 3.63) is 29.8 Å². The van der Waals surface area contributed by atoms with Gasteiger partial charge in [-0.3, -0.25) is 4.79 Å². The highest BCUT2D eigenvalue weighted by molar-refractivity contribution is 5.90. The van der Waals surface area contributed by atoms with Crippen LogP contribution in [0.4, 0.5) is 10.5 Å². The minimum Gasteiger partial charge on any atom is -0.376 e. The molecule has 26 heavy (non-hydrogen) atoms. The molecule has 1 saturated carbocycles. The Balaban J connectivity index is 1.76. The Labute approximate surface area is 156 Å². The Morgan fingerprint density at radius 3 is 2.69 bits per heavy atom. The van der Waals surface area contributed by atoms with Crippen LogP contribution in [0.15, 0.2) is 24.3 Å². The molecule has 144 valence electrons. The molecule has 1 aromatic carbocycles. The third-order valence-corrected chi connectivity index (χ3v) is 4.96. The van der Waals surface area contributed by atoms with Gasteiger partial charge in [-0.2, -0.15) is 0 Å². The van der Waals surface area contributed by atoms with Crippen molar-refractivity contribution >= 4 is 17.6 Å². The Hall–Kier alpha value is -2.08. The van der Waals surface area contributed by atoms with Crippen molar-refractivity contribution in [2.24, 2.45) is 5.92 Å². The second-order valence-electron chi connectivity index (χ2n) is 7.08. The molecule has 2 N–H and O–H groups in total. The summed E-state index contributed by atoms with van der Waals surface area (Å²) in [4.78, 5) is 25.2. The monoisotopic (exact) mass is 361 g/mol. The van der Waals surface area contributed by atoms with Gasteiger partial charge in [0.15, 0.2) is 0 Å². The summed E-state index contributed by atoms with van der Waals surface area (Å²) in [7, 11) is 1.74. The third kappa shape index (κ3) is 6.33. The van der Waals surface area contributed by atoms with Gasteiger partial charge in [-0.05, 0) is 30.4 Å². The Morgan fingerprint density at radius 2 is 1.96 bits per heavy atom. The first-order valence-electron chi connectivity index (χ1n) is 9.43. The maximum atomic E-state index is 12.1. The average molecular weight is 361 g/mol. The fourth-order valence-electron chi connectivity index (χ4n) is 3.22. The molecule has 1 aromatic rings. The maximum absolute atomic E-state index is 12.1. The molecule has 6 nitrogen and oxygen atoms in total. The van der Waals surface area contributed by atoms with Gasteiger partial charge in [0, 0.05) is 32.7 Å². The Kier molecular flexibility index (Phi) is 7.91. The van der Waals surface area contributed by atoms with Gasteiger partial charge in [-0.1, -0.05) is 38.0 Å². The molecular formula is C20H31N3O3. The summed E-state index contributed by atoms with van der Waals surface area (Å²) in [5.74, 6) is 0.584. The number of ether oxygens (including phenoxy) is 1. The van der Waals surface area contributed by atoms with Gasteiger partial charge in [-0.25, -0.2) is 4.79 Å². The zero-order chi connectivity index (χ0) is 18.9. The Morgan fingerprint density at radius 1 is 1.23 bits per heavy atom. The molecule has 2 rings (SSSR count). The summed E-state index contributed by atoms with van der Waals surface area (Å²) in [6.07, 6.45) is 5.18. The Bertz CT molecular complexity index is 606. The smallest absolute Gasteiger partial charge is 0.319 e. The van der Waals surface area contributed by atoms with Gasteiger partial charge in [0.2, 0.25) is 5.91 Å². The largest absolute Gasteiger partial charge is 0.376 e. The van der Waals surface area contributed by atoms with E-state index in [4.69, 9.17) is 4.74 Å². The first kappa shape index (κ1) is 20.2. The second kappa shape index (κ2) is 10.2. The maximum Gasteiger partial charge on any atom is 0.319 e. The quantitative estimate of drug-likeness (QED) is 0.732. The fraction of sp³-hybridized carbons (Fsp3) is 0.600. The van der Waals surface area contributed by atoms with Crippen LogP contribution in [0, 0.1) is 5.92 Å². The summed E-state index contributed by atoms with van der Waals surface area (Å²) < 4.78 is 5.91. The molecule has 1 aliphatic rings. The molecule has 1 aliphatic carbocycles. The van der Waals surface area contributed by atoms with Crippen molar-refractivity contribution in [1.82, 2.24) is 10.2 Å². The fourth-order valence-corrected chi connectivity index (χ4v) is 3.22. The highest BCUT2D eigenvalue weighted by Crippen LogP contribution is 2.26. The number of hydrogen-bond acceptors (Lipinski definition) is 3. The molecule has 6 heteroatoms. The predicted octanol–water partition coefficient (Wildman–Crippen LogP) is 3.38. The number of amides is 3. The lowest BCUT2D eigenvalue weighted by Gasteiger charge is -2.28. The van der Waals surface area contributed by atoms with Gasteiger partial charge in [0.1, 0.15) is 0 Å². The van der Waals surface area contributed by atoms with E-state index < -0.39 is 0 Å². The molecule has 0 saturated heterocycles. The molecule has 0 unspecified atom stereocenters. The average Bonchev–Trinajstić information content (AvgIpc) is 2.61. The summed E-state index contributed by atoms with van der Waals surface area (Å²) in [6.45, 7) is 5.21. The SMILES string of the molecule is CC(=O)N(C)Cc1ccccc1NC(=O)NCCO[C@H]1CCCC[C@H]1C. The minimum absolute atomic E-state index is 0.0154. The van der Waals surface area contributed by atoms with Crippen LogP contribution in [0.2, 0.25) is 0 Å². The van der Waals surface area contributed by atoms with E-state index in [9.17, 15) is 9.59 Å². The number of nitrogens with zero attached hydrogens (tertiary/aromatic N) is 1. The molecule has 0 bridgehead atoms. The standard InChI is InChI=1S/C20H31N3O3/c1-15-8-4-7-11-19(15)26-13-12-21-20(25)22-18-10-6-5-9-17(18)14-23(3)16(2)24/h5-6,9-10,15,19H,4,7-8,11-14H2,1-3H3,(H2,21,22,25)/t15-,19+/m1/s1. The molecule has 1 fully saturated rings. The van der Waals surface area contributed by atoms with Crippen molar-refractivity contribution in [3.8, 4) is 0 Å². The summed E-state index contributed by atoms with van der Waals surface area (Å²) in [6, 6.07) is 7.24. The minimum atomic E-state index is -0.261. The summed E-state index contributed by atoms with van der Waals surface area (Å²) >= 11 is 0. The lowest BCUT2D eigenvalue weighted by molar-refractivity contribution is -0.128. The number of carbonyl (C=O) groups is 2. The van der Waals surface area contributed by atoms with E-state index in [0.29, 0.717) is 37.4 Å². The number of rotatable bonds is 7. The molecule has 0 aliphatic heterocycles. The van der Waals surface area contributed by atoms with Crippen LogP contribution in [-0.2, 0) is 16.1 Å². The van der Waals surface area contributed by atoms with Crippen molar-refractivity contribution < 1.29 is 14.3 Å². The number of nitrogens with one attached hydrogen (secondary N) is 2. The number of hydrogen-bond donors (Lipinski definition) is 2. The van der Waals surface area contributed by atoms with Gasteiger partial charge in [-0.15, -0.1) is 0 Å². The van der Waals surface area contributed by atoms with Gasteiger partial charge in [0.05, 0.1) is 12.7 Å². The molecular weight excluding hydrogens is 330 g/mol. The van der Waals surface area contributed by atoms with Crippen LogP contribution in [0.3, 0.4) is 0 Å². The molecule has 0 heterocycles. The molecule has 0 spiro atoms. The van der Waals surface area contributed by atoms with Gasteiger partial charge in [0.25, 0.3) is 0 Å². The normalized spacial score (nSPS) is 19.7. The van der Waals surface area contributed by atoms with E-state index >= 15 is 0 Å². The first-order chi connectivity index (χ1) is 12.5. The number of para-hydroxylation sites is 1. The number of benzene rings is 1. The lowest BCUT2D eigenvalue weighted by Crippen LogP contribution is -2.34. The van der Waals surface area contributed by atoms with Crippen molar-refractivity contribution in [3.63, 3.8) is 0 Å². The van der Waals surface area contributed by atoms with E-state index in [-0.39, 0.29) is 11.9 Å². The zero-order valence-corrected chi connectivity index (χ0v) is 16.1. The van der Waals surface area contributed by atoms with E-state index in [1.165, 1.54) is 26.2 Å². The molecule has 2 atom stereocenters. The zero-order valence-electron chi connectivity index (χ0n) is 16.1. The van der Waals surface area contributed by atoms with Crippen LogP contribution in [0.5, 0.6) is 0 Å². The highest BCUT2D eigenvalue weighted by atomic mass is 16.5. The van der Waals surface area contributed by atoms with Gasteiger partial charge < -0.3 is 20.3 Å². The highest BCUT2D eigenvalue weighted by Gasteiger charge is 2.21. The molecule has 3 amide bonds. The van der Waals surface area contributed by atoms with Crippen LogP contribution >= 0.6 is 0 Å². The second-order valence-corrected chi connectivity index (χ2v) is 7.08. The topological polar surface area (TPSA) is 70.7 Å². The summed E-state index contributed by atoms with van der Waals surface area (Å²) in [5, 5.41) is 5.69. The number of urea groups is 1. The first-order valence-corrected chi connectivity index (χ1v) is 9.43. The van der Waals surface area contributed by atoms with Gasteiger partial charge >= 0.3 is 6.03 Å². The number of anilines is 1. The van der Waals surface area contributed by atoms with E-state index in [0.717, 1.165) is 12.0 Å². The van der Waals surface area contributed by atoms with E-state index in [1.807, 2.05) is 24.3 Å². The van der Waals surface area contributed by atoms with Crippen LogP contribution in [-0.4, -0.2) is 43.1 Å². The van der Waals surface area contributed by atoms with Crippen molar-refractivity contribution in [1.29, 1.82) is 0 Å². The molecule has 0 aromatic heterocycles. The predicted molar refractivity (Wildman–Crippen MR) is 103 cm³/mol. The summed E-state index contributed by atoms with van der Waals surface area (Å²) in [5.41, 5.74) is 1.60. The van der Waals surface area contributed by atoms with Crippen LogP contribution in [0.25, 0.3) is 0 Å². The van der Waals surface area contributed by atoms with Crippen LogP contribution < -0.4 is 10.6 Å². The van der Waals surface area contributed by atoms with E-state index in [1.54, 1.807) is 11.9 Å². The molecule has 0 radical (unpaired) electrons. The third-order valence-electron chi connectivity index (χ3n) is 4.96. The van der Waals surface area contributed by atoms with E-state index in [2.05, 4.69) is 17.6 Å². The van der Waals surface area contributed by atoms with Crippen LogP contribution in [0.1, 0.15) is 45.1 Å². The lowest BCUT2D eigenvalue weighted by atomic mass is 9.88. The number of carbonyl (C=O) groups excluding carboxylic acids is 2. The van der Waals surface area contributed by atoms with Crippen molar-refractivity contribution in [2.45, 2.75) is 52.2 Å². The van der Waals surface area contributed by atoms with Crippen molar-refractivity contribution in [2.75, 3.05) is 25.5 Å².